The van der Waals surface area contributed by atoms with Crippen molar-refractivity contribution in [2.24, 2.45) is 0 Å². The van der Waals surface area contributed by atoms with Gasteiger partial charge in [0.2, 0.25) is 0 Å². The fourth-order valence-corrected chi connectivity index (χ4v) is 2.81. The number of carboxylic acid groups (broad SMARTS) is 1. The highest BCUT2D eigenvalue weighted by molar-refractivity contribution is 9.10. The van der Waals surface area contributed by atoms with Crippen LogP contribution in [0, 0.1) is 0 Å². The smallest absolute Gasteiger partial charge is 0.303 e. The second kappa shape index (κ2) is 6.08. The van der Waals surface area contributed by atoms with E-state index in [0.29, 0.717) is 6.42 Å². The van der Waals surface area contributed by atoms with Gasteiger partial charge in [0.05, 0.1) is 0 Å². The van der Waals surface area contributed by atoms with E-state index in [4.69, 9.17) is 5.11 Å². The first-order valence-corrected chi connectivity index (χ1v) is 6.46. The van der Waals surface area contributed by atoms with Crippen LogP contribution in [0.2, 0.25) is 0 Å². The number of allylic oxidation sites excluding steroid dienone is 2. The molecule has 0 radical (unpaired) electrons. The lowest BCUT2D eigenvalue weighted by Gasteiger charge is -2.00. The van der Waals surface area contributed by atoms with Crippen LogP contribution >= 0.6 is 27.3 Å². The number of hydrogen-bond acceptors (Lipinski definition) is 2. The first-order valence-electron chi connectivity index (χ1n) is 4.78. The molecule has 0 atom stereocenters. The highest BCUT2D eigenvalue weighted by Gasteiger charge is 2.03. The molecule has 15 heavy (non-hydrogen) atoms. The Bertz CT molecular complexity index is 368. The maximum Gasteiger partial charge on any atom is 0.303 e. The standard InChI is InChI=1S/C11H13BrO2S/c1-2-8(4-3-5-11(13)14)10-6-9(12)7-15-10/h4,6-7H,2-3,5H2,1H3,(H,13,14). The summed E-state index contributed by atoms with van der Waals surface area (Å²) in [7, 11) is 0. The molecule has 1 aromatic heterocycles. The Morgan fingerprint density at radius 2 is 2.40 bits per heavy atom. The van der Waals surface area contributed by atoms with Crippen molar-refractivity contribution in [1.29, 1.82) is 0 Å². The fraction of sp³-hybridized carbons (Fsp3) is 0.364. The van der Waals surface area contributed by atoms with Crippen molar-refractivity contribution in [1.82, 2.24) is 0 Å². The number of carboxylic acids is 1. The molecule has 1 rings (SSSR count). The van der Waals surface area contributed by atoms with Crippen LogP contribution in [0.4, 0.5) is 0 Å². The maximum absolute atomic E-state index is 10.4. The molecule has 4 heteroatoms. The number of halogens is 1. The number of hydrogen-bond donors (Lipinski definition) is 1. The van der Waals surface area contributed by atoms with Crippen molar-refractivity contribution in [3.63, 3.8) is 0 Å². The third-order valence-electron chi connectivity index (χ3n) is 2.01. The molecule has 0 saturated heterocycles. The maximum atomic E-state index is 10.4. The Hall–Kier alpha value is -0.610. The van der Waals surface area contributed by atoms with Crippen molar-refractivity contribution in [3.8, 4) is 0 Å². The van der Waals surface area contributed by atoms with Gasteiger partial charge in [-0.25, -0.2) is 0 Å². The molecule has 0 spiro atoms. The van der Waals surface area contributed by atoms with Gasteiger partial charge in [0.15, 0.2) is 0 Å². The van der Waals surface area contributed by atoms with Crippen molar-refractivity contribution < 1.29 is 9.90 Å². The monoisotopic (exact) mass is 288 g/mol. The van der Waals surface area contributed by atoms with E-state index in [9.17, 15) is 4.79 Å². The topological polar surface area (TPSA) is 37.3 Å². The minimum atomic E-state index is -0.742. The molecule has 2 nitrogen and oxygen atoms in total. The normalized spacial score (nSPS) is 11.7. The van der Waals surface area contributed by atoms with Crippen LogP contribution in [0.3, 0.4) is 0 Å². The van der Waals surface area contributed by atoms with Crippen LogP contribution in [0.15, 0.2) is 22.0 Å². The molecule has 1 aromatic rings. The molecule has 0 aliphatic heterocycles. The molecule has 0 aliphatic rings. The summed E-state index contributed by atoms with van der Waals surface area (Å²) in [5.41, 5.74) is 1.23. The second-order valence-electron chi connectivity index (χ2n) is 3.14. The van der Waals surface area contributed by atoms with Gasteiger partial charge in [-0.05, 0) is 40.4 Å². The number of thiophene rings is 1. The second-order valence-corrected chi connectivity index (χ2v) is 4.97. The van der Waals surface area contributed by atoms with Gasteiger partial charge in [-0.2, -0.15) is 0 Å². The molecule has 0 aliphatic carbocycles. The van der Waals surface area contributed by atoms with Crippen LogP contribution in [0.1, 0.15) is 31.1 Å². The average molecular weight is 289 g/mol. The molecule has 0 amide bonds. The largest absolute Gasteiger partial charge is 0.481 e. The Labute approximate surface area is 102 Å². The predicted octanol–water partition coefficient (Wildman–Crippen LogP) is 4.17. The van der Waals surface area contributed by atoms with E-state index in [1.807, 2.05) is 11.5 Å². The third kappa shape index (κ3) is 4.18. The highest BCUT2D eigenvalue weighted by atomic mass is 79.9. The molecule has 0 fully saturated rings. The Morgan fingerprint density at radius 1 is 1.67 bits per heavy atom. The van der Waals surface area contributed by atoms with Crippen molar-refractivity contribution in [2.75, 3.05) is 0 Å². The van der Waals surface area contributed by atoms with Crippen LogP contribution in [-0.4, -0.2) is 11.1 Å². The molecule has 1 heterocycles. The lowest BCUT2D eigenvalue weighted by molar-refractivity contribution is -0.136. The molecule has 0 saturated carbocycles. The predicted molar refractivity (Wildman–Crippen MR) is 67.2 cm³/mol. The van der Waals surface area contributed by atoms with Gasteiger partial charge < -0.3 is 5.11 Å². The SMILES string of the molecule is CCC(=CCCC(=O)O)c1cc(Br)cs1. The van der Waals surface area contributed by atoms with E-state index in [1.165, 1.54) is 10.5 Å². The number of rotatable bonds is 5. The van der Waals surface area contributed by atoms with E-state index >= 15 is 0 Å². The van der Waals surface area contributed by atoms with Crippen molar-refractivity contribution in [3.05, 3.63) is 26.9 Å². The zero-order chi connectivity index (χ0) is 11.3. The quantitative estimate of drug-likeness (QED) is 0.883. The van der Waals surface area contributed by atoms with Gasteiger partial charge in [-0.15, -0.1) is 11.3 Å². The van der Waals surface area contributed by atoms with Crippen molar-refractivity contribution >= 4 is 38.8 Å². The number of aliphatic carboxylic acids is 1. The lowest BCUT2D eigenvalue weighted by atomic mass is 10.1. The summed E-state index contributed by atoms with van der Waals surface area (Å²) in [6, 6.07) is 2.07. The molecule has 0 aromatic carbocycles. The number of carbonyl (C=O) groups is 1. The first-order chi connectivity index (χ1) is 7.13. The van der Waals surface area contributed by atoms with Gasteiger partial charge in [0.25, 0.3) is 0 Å². The lowest BCUT2D eigenvalue weighted by Crippen LogP contribution is -1.92. The van der Waals surface area contributed by atoms with E-state index in [0.717, 1.165) is 10.9 Å². The highest BCUT2D eigenvalue weighted by Crippen LogP contribution is 2.28. The minimum absolute atomic E-state index is 0.204. The molecule has 0 bridgehead atoms. The average Bonchev–Trinajstić information content (AvgIpc) is 2.59. The summed E-state index contributed by atoms with van der Waals surface area (Å²) in [4.78, 5) is 11.6. The zero-order valence-corrected chi connectivity index (χ0v) is 10.9. The van der Waals surface area contributed by atoms with Crippen LogP contribution in [0.5, 0.6) is 0 Å². The molecule has 1 N–H and O–H groups in total. The third-order valence-corrected chi connectivity index (χ3v) is 3.78. The molecular formula is C11H13BrO2S. The Kier molecular flexibility index (Phi) is 5.05. The summed E-state index contributed by atoms with van der Waals surface area (Å²) in [5, 5.41) is 10.6. The summed E-state index contributed by atoms with van der Waals surface area (Å²) < 4.78 is 1.08. The van der Waals surface area contributed by atoms with E-state index < -0.39 is 5.97 Å². The van der Waals surface area contributed by atoms with Crippen LogP contribution in [0.25, 0.3) is 5.57 Å². The molecular weight excluding hydrogens is 276 g/mol. The van der Waals surface area contributed by atoms with Crippen LogP contribution < -0.4 is 0 Å². The summed E-state index contributed by atoms with van der Waals surface area (Å²) >= 11 is 5.09. The Balaban J connectivity index is 2.66. The summed E-state index contributed by atoms with van der Waals surface area (Å²) in [6.07, 6.45) is 3.77. The summed E-state index contributed by atoms with van der Waals surface area (Å²) in [6.45, 7) is 2.08. The summed E-state index contributed by atoms with van der Waals surface area (Å²) in [5.74, 6) is -0.742. The fourth-order valence-electron chi connectivity index (χ4n) is 1.27. The van der Waals surface area contributed by atoms with Gasteiger partial charge in [-0.1, -0.05) is 13.0 Å². The van der Waals surface area contributed by atoms with Gasteiger partial charge >= 0.3 is 5.97 Å². The molecule has 82 valence electrons. The van der Waals surface area contributed by atoms with Gasteiger partial charge in [0.1, 0.15) is 0 Å². The van der Waals surface area contributed by atoms with E-state index in [1.54, 1.807) is 11.3 Å². The van der Waals surface area contributed by atoms with Gasteiger partial charge in [0, 0.05) is 21.2 Å². The van der Waals surface area contributed by atoms with E-state index in [-0.39, 0.29) is 6.42 Å². The van der Waals surface area contributed by atoms with Gasteiger partial charge in [-0.3, -0.25) is 4.79 Å². The van der Waals surface area contributed by atoms with Crippen molar-refractivity contribution in [2.45, 2.75) is 26.2 Å². The van der Waals surface area contributed by atoms with Crippen LogP contribution in [-0.2, 0) is 4.79 Å². The molecule has 0 unspecified atom stereocenters. The zero-order valence-electron chi connectivity index (χ0n) is 8.50. The first kappa shape index (κ1) is 12.5. The minimum Gasteiger partial charge on any atom is -0.481 e. The Morgan fingerprint density at radius 3 is 2.87 bits per heavy atom. The van der Waals surface area contributed by atoms with E-state index in [2.05, 4.69) is 28.9 Å².